The third-order valence-corrected chi connectivity index (χ3v) is 3.22. The number of aromatic nitrogens is 1. The van der Waals surface area contributed by atoms with Gasteiger partial charge in [0, 0.05) is 36.5 Å². The lowest BCUT2D eigenvalue weighted by atomic mass is 9.92. The third-order valence-electron chi connectivity index (χ3n) is 3.22. The van der Waals surface area contributed by atoms with Gasteiger partial charge in [-0.15, -0.1) is 0 Å². The van der Waals surface area contributed by atoms with Crippen LogP contribution in [0, 0.1) is 5.41 Å². The van der Waals surface area contributed by atoms with Crippen molar-refractivity contribution in [2.75, 3.05) is 19.0 Å². The van der Waals surface area contributed by atoms with Gasteiger partial charge < -0.3 is 15.8 Å². The lowest BCUT2D eigenvalue weighted by Gasteiger charge is -2.32. The number of anilines is 1. The summed E-state index contributed by atoms with van der Waals surface area (Å²) in [6.07, 6.45) is 2.33. The lowest BCUT2D eigenvalue weighted by Crippen LogP contribution is -2.35. The molecule has 5 nitrogen and oxygen atoms in total. The predicted molar refractivity (Wildman–Crippen MR) is 76.5 cm³/mol. The summed E-state index contributed by atoms with van der Waals surface area (Å²) in [5.41, 5.74) is 8.56. The van der Waals surface area contributed by atoms with Gasteiger partial charge in [-0.2, -0.15) is 0 Å². The first-order chi connectivity index (χ1) is 8.93. The van der Waals surface area contributed by atoms with Crippen molar-refractivity contribution in [1.82, 2.24) is 4.98 Å². The Bertz CT molecular complexity index is 534. The number of nitrogens with zero attached hydrogens (tertiary/aromatic N) is 1. The summed E-state index contributed by atoms with van der Waals surface area (Å²) in [6, 6.07) is 3.64. The Balaban J connectivity index is 2.29. The van der Waals surface area contributed by atoms with Crippen molar-refractivity contribution >= 4 is 11.5 Å². The van der Waals surface area contributed by atoms with Crippen LogP contribution in [0.25, 0.3) is 0 Å². The summed E-state index contributed by atoms with van der Waals surface area (Å²) in [6.45, 7) is 4.40. The minimum absolute atomic E-state index is 0.248. The molecule has 19 heavy (non-hydrogen) atoms. The highest BCUT2D eigenvalue weighted by molar-refractivity contribution is 6.11. The fourth-order valence-electron chi connectivity index (χ4n) is 2.11. The summed E-state index contributed by atoms with van der Waals surface area (Å²) in [4.78, 5) is 4.14. The zero-order valence-corrected chi connectivity index (χ0v) is 11.6. The molecule has 1 aromatic rings. The molecule has 5 heteroatoms. The molecular weight excluding hydrogens is 240 g/mol. The van der Waals surface area contributed by atoms with Crippen LogP contribution < -0.4 is 11.1 Å². The molecule has 0 radical (unpaired) electrons. The van der Waals surface area contributed by atoms with Crippen LogP contribution in [0.2, 0.25) is 0 Å². The Morgan fingerprint density at radius 3 is 2.89 bits per heavy atom. The zero-order chi connectivity index (χ0) is 14.0. The number of nitrogens with two attached hydrogens (primary N) is 1. The van der Waals surface area contributed by atoms with Gasteiger partial charge in [0.25, 0.3) is 0 Å². The molecule has 0 atom stereocenters. The Morgan fingerprint density at radius 1 is 1.53 bits per heavy atom. The topological polar surface area (TPSA) is 84.0 Å². The van der Waals surface area contributed by atoms with Crippen molar-refractivity contribution in [2.45, 2.75) is 25.9 Å². The standard InChI is InChI=1S/C14H20N4O/c1-14(2)7-11(15)10(8-19-14)13(16)9-4-5-18-12(6-9)17-3/h4-6,16H,7-8,15H2,1-3H3,(H,17,18). The van der Waals surface area contributed by atoms with E-state index in [1.54, 1.807) is 13.2 Å². The highest BCUT2D eigenvalue weighted by Gasteiger charge is 2.28. The zero-order valence-electron chi connectivity index (χ0n) is 11.6. The van der Waals surface area contributed by atoms with E-state index in [4.69, 9.17) is 15.9 Å². The van der Waals surface area contributed by atoms with Gasteiger partial charge in [0.1, 0.15) is 5.82 Å². The fraction of sp³-hybridized carbons (Fsp3) is 0.429. The largest absolute Gasteiger partial charge is 0.402 e. The van der Waals surface area contributed by atoms with Crippen LogP contribution >= 0.6 is 0 Å². The van der Waals surface area contributed by atoms with Crippen LogP contribution in [-0.4, -0.2) is 30.0 Å². The summed E-state index contributed by atoms with van der Waals surface area (Å²) >= 11 is 0. The minimum Gasteiger partial charge on any atom is -0.402 e. The average molecular weight is 260 g/mol. The molecule has 2 heterocycles. The molecule has 1 aromatic heterocycles. The number of pyridine rings is 1. The second-order valence-corrected chi connectivity index (χ2v) is 5.28. The second kappa shape index (κ2) is 5.01. The first kappa shape index (κ1) is 13.5. The Labute approximate surface area is 113 Å². The number of rotatable bonds is 3. The van der Waals surface area contributed by atoms with Crippen molar-refractivity contribution in [3.8, 4) is 0 Å². The van der Waals surface area contributed by atoms with E-state index >= 15 is 0 Å². The summed E-state index contributed by atoms with van der Waals surface area (Å²) in [5.74, 6) is 0.735. The molecule has 0 saturated heterocycles. The lowest BCUT2D eigenvalue weighted by molar-refractivity contribution is -0.0124. The molecule has 2 rings (SSSR count). The highest BCUT2D eigenvalue weighted by atomic mass is 16.5. The first-order valence-corrected chi connectivity index (χ1v) is 6.27. The summed E-state index contributed by atoms with van der Waals surface area (Å²) < 4.78 is 5.74. The number of ether oxygens (including phenoxy) is 1. The van der Waals surface area contributed by atoms with Gasteiger partial charge in [-0.25, -0.2) is 4.98 Å². The first-order valence-electron chi connectivity index (χ1n) is 6.27. The van der Waals surface area contributed by atoms with E-state index in [2.05, 4.69) is 10.3 Å². The summed E-state index contributed by atoms with van der Waals surface area (Å²) in [5, 5.41) is 11.2. The smallest absolute Gasteiger partial charge is 0.126 e. The minimum atomic E-state index is -0.248. The third kappa shape index (κ3) is 2.93. The molecular formula is C14H20N4O. The predicted octanol–water partition coefficient (Wildman–Crippen LogP) is 1.90. The van der Waals surface area contributed by atoms with Crippen molar-refractivity contribution in [3.05, 3.63) is 35.2 Å². The quantitative estimate of drug-likeness (QED) is 0.725. The van der Waals surface area contributed by atoms with E-state index < -0.39 is 0 Å². The average Bonchev–Trinajstić information content (AvgIpc) is 2.37. The molecule has 1 aliphatic heterocycles. The van der Waals surface area contributed by atoms with E-state index in [9.17, 15) is 0 Å². The van der Waals surface area contributed by atoms with E-state index in [0.29, 0.717) is 18.7 Å². The molecule has 0 bridgehead atoms. The fourth-order valence-corrected chi connectivity index (χ4v) is 2.11. The SMILES string of the molecule is CNc1cc(C(=N)C2=C(N)CC(C)(C)OC2)ccn1. The van der Waals surface area contributed by atoms with Crippen LogP contribution in [0.3, 0.4) is 0 Å². The van der Waals surface area contributed by atoms with Crippen molar-refractivity contribution < 1.29 is 4.74 Å². The molecule has 0 fully saturated rings. The molecule has 0 aliphatic carbocycles. The van der Waals surface area contributed by atoms with Crippen LogP contribution in [0.1, 0.15) is 25.8 Å². The van der Waals surface area contributed by atoms with Crippen molar-refractivity contribution in [2.24, 2.45) is 5.73 Å². The molecule has 1 aliphatic rings. The molecule has 4 N–H and O–H groups in total. The van der Waals surface area contributed by atoms with Gasteiger partial charge in [0.15, 0.2) is 0 Å². The number of hydrogen-bond donors (Lipinski definition) is 3. The molecule has 0 unspecified atom stereocenters. The summed E-state index contributed by atoms with van der Waals surface area (Å²) in [7, 11) is 1.80. The van der Waals surface area contributed by atoms with Crippen LogP contribution in [-0.2, 0) is 4.74 Å². The van der Waals surface area contributed by atoms with Crippen molar-refractivity contribution in [3.63, 3.8) is 0 Å². The Kier molecular flexibility index (Phi) is 3.57. The Hall–Kier alpha value is -1.88. The monoisotopic (exact) mass is 260 g/mol. The molecule has 0 saturated carbocycles. The number of nitrogens with one attached hydrogen (secondary N) is 2. The maximum atomic E-state index is 8.28. The van der Waals surface area contributed by atoms with E-state index in [1.807, 2.05) is 26.0 Å². The van der Waals surface area contributed by atoms with E-state index in [1.165, 1.54) is 0 Å². The molecule has 0 spiro atoms. The van der Waals surface area contributed by atoms with E-state index in [-0.39, 0.29) is 5.60 Å². The van der Waals surface area contributed by atoms with Gasteiger partial charge in [-0.3, -0.25) is 5.41 Å². The van der Waals surface area contributed by atoms with Gasteiger partial charge >= 0.3 is 0 Å². The maximum Gasteiger partial charge on any atom is 0.126 e. The van der Waals surface area contributed by atoms with Gasteiger partial charge in [-0.1, -0.05) is 0 Å². The number of hydrogen-bond acceptors (Lipinski definition) is 5. The van der Waals surface area contributed by atoms with Gasteiger partial charge in [-0.05, 0) is 26.0 Å². The Morgan fingerprint density at radius 2 is 2.26 bits per heavy atom. The second-order valence-electron chi connectivity index (χ2n) is 5.28. The highest BCUT2D eigenvalue weighted by Crippen LogP contribution is 2.27. The normalized spacial score (nSPS) is 18.3. The van der Waals surface area contributed by atoms with Gasteiger partial charge in [0.05, 0.1) is 17.9 Å². The molecule has 102 valence electrons. The van der Waals surface area contributed by atoms with E-state index in [0.717, 1.165) is 22.7 Å². The van der Waals surface area contributed by atoms with Crippen LogP contribution in [0.5, 0.6) is 0 Å². The van der Waals surface area contributed by atoms with Crippen LogP contribution in [0.4, 0.5) is 5.82 Å². The van der Waals surface area contributed by atoms with Gasteiger partial charge in [0.2, 0.25) is 0 Å². The maximum absolute atomic E-state index is 8.28. The van der Waals surface area contributed by atoms with Crippen LogP contribution in [0.15, 0.2) is 29.6 Å². The van der Waals surface area contributed by atoms with Crippen molar-refractivity contribution in [1.29, 1.82) is 5.41 Å². The molecule has 0 amide bonds. The molecule has 0 aromatic carbocycles.